The zero-order valence-electron chi connectivity index (χ0n) is 9.45. The number of furan rings is 1. The SMILES string of the molecule is CCCCCC(C)c1ccoc1C(N)=O. The van der Waals surface area contributed by atoms with E-state index in [1.807, 2.05) is 6.07 Å². The summed E-state index contributed by atoms with van der Waals surface area (Å²) in [4.78, 5) is 11.0. The maximum absolute atomic E-state index is 11.0. The first-order valence-electron chi connectivity index (χ1n) is 5.54. The van der Waals surface area contributed by atoms with Gasteiger partial charge in [0, 0.05) is 5.56 Å². The molecule has 1 aromatic heterocycles. The Labute approximate surface area is 90.6 Å². The van der Waals surface area contributed by atoms with Crippen LogP contribution in [0.1, 0.15) is 61.6 Å². The monoisotopic (exact) mass is 209 g/mol. The summed E-state index contributed by atoms with van der Waals surface area (Å²) in [5.41, 5.74) is 6.16. The second kappa shape index (κ2) is 5.59. The number of rotatable bonds is 6. The highest BCUT2D eigenvalue weighted by molar-refractivity contribution is 5.91. The number of primary amides is 1. The van der Waals surface area contributed by atoms with Crippen LogP contribution in [-0.2, 0) is 0 Å². The van der Waals surface area contributed by atoms with Crippen LogP contribution in [0.2, 0.25) is 0 Å². The highest BCUT2D eigenvalue weighted by Gasteiger charge is 2.16. The molecule has 0 aliphatic carbocycles. The van der Waals surface area contributed by atoms with Gasteiger partial charge in [-0.3, -0.25) is 4.79 Å². The molecule has 0 fully saturated rings. The fraction of sp³-hybridized carbons (Fsp3) is 0.583. The first-order chi connectivity index (χ1) is 7.16. The van der Waals surface area contributed by atoms with Crippen LogP contribution in [0, 0.1) is 0 Å². The molecule has 0 spiro atoms. The van der Waals surface area contributed by atoms with Crippen molar-refractivity contribution in [1.82, 2.24) is 0 Å². The zero-order valence-corrected chi connectivity index (χ0v) is 9.45. The summed E-state index contributed by atoms with van der Waals surface area (Å²) in [7, 11) is 0. The van der Waals surface area contributed by atoms with Gasteiger partial charge in [0.15, 0.2) is 5.76 Å². The van der Waals surface area contributed by atoms with Crippen molar-refractivity contribution >= 4 is 5.91 Å². The third-order valence-corrected chi connectivity index (χ3v) is 2.69. The Kier molecular flexibility index (Phi) is 4.40. The Morgan fingerprint density at radius 3 is 2.87 bits per heavy atom. The minimum Gasteiger partial charge on any atom is -0.459 e. The van der Waals surface area contributed by atoms with Crippen LogP contribution in [0.3, 0.4) is 0 Å². The Bertz CT molecular complexity index is 317. The van der Waals surface area contributed by atoms with E-state index in [-0.39, 0.29) is 0 Å². The minimum atomic E-state index is -0.475. The van der Waals surface area contributed by atoms with E-state index in [2.05, 4.69) is 13.8 Å². The second-order valence-electron chi connectivity index (χ2n) is 3.97. The predicted octanol–water partition coefficient (Wildman–Crippen LogP) is 3.06. The van der Waals surface area contributed by atoms with E-state index in [0.29, 0.717) is 11.7 Å². The zero-order chi connectivity index (χ0) is 11.3. The molecule has 1 rings (SSSR count). The summed E-state index contributed by atoms with van der Waals surface area (Å²) in [6, 6.07) is 1.84. The molecular formula is C12H19NO2. The van der Waals surface area contributed by atoms with Crippen molar-refractivity contribution in [2.75, 3.05) is 0 Å². The van der Waals surface area contributed by atoms with E-state index in [1.54, 1.807) is 0 Å². The Morgan fingerprint density at radius 2 is 2.27 bits per heavy atom. The van der Waals surface area contributed by atoms with Gasteiger partial charge in [-0.05, 0) is 18.4 Å². The lowest BCUT2D eigenvalue weighted by molar-refractivity contribution is 0.0972. The van der Waals surface area contributed by atoms with E-state index < -0.39 is 5.91 Å². The maximum atomic E-state index is 11.0. The van der Waals surface area contributed by atoms with Gasteiger partial charge in [0.1, 0.15) is 0 Å². The number of carbonyl (C=O) groups is 1. The molecule has 0 saturated heterocycles. The van der Waals surface area contributed by atoms with Crippen LogP contribution < -0.4 is 5.73 Å². The summed E-state index contributed by atoms with van der Waals surface area (Å²) in [5.74, 6) is 0.189. The van der Waals surface area contributed by atoms with E-state index in [4.69, 9.17) is 10.2 Å². The summed E-state index contributed by atoms with van der Waals surface area (Å²) in [6.45, 7) is 4.28. The molecule has 1 unspecified atom stereocenters. The first-order valence-corrected chi connectivity index (χ1v) is 5.54. The molecule has 0 radical (unpaired) electrons. The molecule has 1 amide bonds. The lowest BCUT2D eigenvalue weighted by atomic mass is 9.95. The van der Waals surface area contributed by atoms with Gasteiger partial charge < -0.3 is 10.2 Å². The average molecular weight is 209 g/mol. The normalized spacial score (nSPS) is 12.7. The van der Waals surface area contributed by atoms with Crippen molar-refractivity contribution in [3.8, 4) is 0 Å². The van der Waals surface area contributed by atoms with E-state index in [9.17, 15) is 4.79 Å². The van der Waals surface area contributed by atoms with E-state index >= 15 is 0 Å². The molecule has 0 saturated carbocycles. The first kappa shape index (κ1) is 11.8. The van der Waals surface area contributed by atoms with Gasteiger partial charge in [-0.2, -0.15) is 0 Å². The molecule has 1 aromatic rings. The van der Waals surface area contributed by atoms with Crippen molar-refractivity contribution < 1.29 is 9.21 Å². The van der Waals surface area contributed by atoms with Gasteiger partial charge in [0.25, 0.3) is 5.91 Å². The summed E-state index contributed by atoms with van der Waals surface area (Å²) in [5, 5.41) is 0. The summed E-state index contributed by atoms with van der Waals surface area (Å²) in [6.07, 6.45) is 6.23. The molecule has 3 heteroatoms. The third kappa shape index (κ3) is 3.11. The lowest BCUT2D eigenvalue weighted by Crippen LogP contribution is -2.13. The van der Waals surface area contributed by atoms with Crippen LogP contribution in [0.5, 0.6) is 0 Å². The van der Waals surface area contributed by atoms with Crippen molar-refractivity contribution in [2.24, 2.45) is 5.73 Å². The molecule has 0 aromatic carbocycles. The second-order valence-corrected chi connectivity index (χ2v) is 3.97. The van der Waals surface area contributed by atoms with Crippen LogP contribution >= 0.6 is 0 Å². The predicted molar refractivity (Wildman–Crippen MR) is 59.8 cm³/mol. The highest BCUT2D eigenvalue weighted by Crippen LogP contribution is 2.25. The van der Waals surface area contributed by atoms with Gasteiger partial charge in [-0.25, -0.2) is 0 Å². The number of hydrogen-bond acceptors (Lipinski definition) is 2. The molecule has 84 valence electrons. The largest absolute Gasteiger partial charge is 0.459 e. The van der Waals surface area contributed by atoms with Crippen LogP contribution in [-0.4, -0.2) is 5.91 Å². The molecular weight excluding hydrogens is 190 g/mol. The van der Waals surface area contributed by atoms with Crippen LogP contribution in [0.15, 0.2) is 16.7 Å². The fourth-order valence-electron chi connectivity index (χ4n) is 1.76. The van der Waals surface area contributed by atoms with E-state index in [1.165, 1.54) is 25.5 Å². The number of hydrogen-bond donors (Lipinski definition) is 1. The third-order valence-electron chi connectivity index (χ3n) is 2.69. The van der Waals surface area contributed by atoms with Gasteiger partial charge in [-0.15, -0.1) is 0 Å². The topological polar surface area (TPSA) is 56.2 Å². The Hall–Kier alpha value is -1.25. The molecule has 0 aliphatic heterocycles. The van der Waals surface area contributed by atoms with Gasteiger partial charge >= 0.3 is 0 Å². The van der Waals surface area contributed by atoms with Crippen LogP contribution in [0.4, 0.5) is 0 Å². The number of nitrogens with two attached hydrogens (primary N) is 1. The quantitative estimate of drug-likeness (QED) is 0.732. The molecule has 2 N–H and O–H groups in total. The number of unbranched alkanes of at least 4 members (excludes halogenated alkanes) is 2. The molecule has 1 atom stereocenters. The van der Waals surface area contributed by atoms with Gasteiger partial charge in [0.05, 0.1) is 6.26 Å². The molecule has 1 heterocycles. The number of carbonyl (C=O) groups excluding carboxylic acids is 1. The molecule has 3 nitrogen and oxygen atoms in total. The molecule has 0 aliphatic rings. The van der Waals surface area contributed by atoms with Crippen molar-refractivity contribution in [3.05, 3.63) is 23.7 Å². The van der Waals surface area contributed by atoms with Gasteiger partial charge in [-0.1, -0.05) is 33.1 Å². The Morgan fingerprint density at radius 1 is 1.53 bits per heavy atom. The fourth-order valence-corrected chi connectivity index (χ4v) is 1.76. The lowest BCUT2D eigenvalue weighted by Gasteiger charge is -2.09. The smallest absolute Gasteiger partial charge is 0.284 e. The average Bonchev–Trinajstić information content (AvgIpc) is 2.66. The van der Waals surface area contributed by atoms with E-state index in [0.717, 1.165) is 12.0 Å². The minimum absolute atomic E-state index is 0.319. The summed E-state index contributed by atoms with van der Waals surface area (Å²) >= 11 is 0. The highest BCUT2D eigenvalue weighted by atomic mass is 16.3. The summed E-state index contributed by atoms with van der Waals surface area (Å²) < 4.78 is 5.08. The molecule has 15 heavy (non-hydrogen) atoms. The number of amides is 1. The van der Waals surface area contributed by atoms with Crippen molar-refractivity contribution in [2.45, 2.75) is 45.4 Å². The molecule has 0 bridgehead atoms. The van der Waals surface area contributed by atoms with Crippen molar-refractivity contribution in [1.29, 1.82) is 0 Å². The van der Waals surface area contributed by atoms with Gasteiger partial charge in [0.2, 0.25) is 0 Å². The van der Waals surface area contributed by atoms with Crippen molar-refractivity contribution in [3.63, 3.8) is 0 Å². The maximum Gasteiger partial charge on any atom is 0.284 e. The standard InChI is InChI=1S/C12H19NO2/c1-3-4-5-6-9(2)10-7-8-15-11(10)12(13)14/h7-9H,3-6H2,1-2H3,(H2,13,14). The van der Waals surface area contributed by atoms with Crippen LogP contribution in [0.25, 0.3) is 0 Å². The Balaban J connectivity index is 2.60.